The van der Waals surface area contributed by atoms with Crippen LogP contribution in [0.3, 0.4) is 0 Å². The molecule has 3 aliphatic rings. The zero-order valence-corrected chi connectivity index (χ0v) is 16.1. The molecule has 0 N–H and O–H groups in total. The molecule has 0 aliphatic carbocycles. The summed E-state index contributed by atoms with van der Waals surface area (Å²) >= 11 is 0. The Bertz CT molecular complexity index is 906. The van der Waals surface area contributed by atoms with Crippen LogP contribution in [0, 0.1) is 6.92 Å². The van der Waals surface area contributed by atoms with Crippen LogP contribution in [0.5, 0.6) is 11.5 Å². The maximum absolute atomic E-state index is 6.23. The standard InChI is InChI=1S/C21H24BNO3/c1-13-10-14-8-9-23-16-12-15(22-25-20(2,3)21(4,5)26-22)6-7-17(16)24-18(11-13)19(14)23/h6-7,10-12H,8-9H2,1-5H3. The Morgan fingerprint density at radius 2 is 1.69 bits per heavy atom. The van der Waals surface area contributed by atoms with Gasteiger partial charge in [0, 0.05) is 6.54 Å². The number of hydrogen-bond acceptors (Lipinski definition) is 4. The number of aryl methyl sites for hydroxylation is 1. The van der Waals surface area contributed by atoms with Gasteiger partial charge in [-0.05, 0) is 75.8 Å². The highest BCUT2D eigenvalue weighted by Gasteiger charge is 2.52. The van der Waals surface area contributed by atoms with E-state index in [-0.39, 0.29) is 18.3 Å². The van der Waals surface area contributed by atoms with Crippen molar-refractivity contribution in [2.75, 3.05) is 11.4 Å². The largest absolute Gasteiger partial charge is 0.494 e. The molecule has 2 aromatic rings. The minimum absolute atomic E-state index is 0.338. The fourth-order valence-corrected chi connectivity index (χ4v) is 4.05. The van der Waals surface area contributed by atoms with Crippen molar-refractivity contribution in [1.29, 1.82) is 0 Å². The molecule has 0 bridgehead atoms. The summed E-state index contributed by atoms with van der Waals surface area (Å²) in [4.78, 5) is 2.37. The van der Waals surface area contributed by atoms with Crippen LogP contribution in [0.4, 0.5) is 11.4 Å². The Morgan fingerprint density at radius 1 is 0.962 bits per heavy atom. The summed E-state index contributed by atoms with van der Waals surface area (Å²) in [7, 11) is -0.355. The third-order valence-electron chi connectivity index (χ3n) is 6.19. The fourth-order valence-electron chi connectivity index (χ4n) is 4.05. The molecule has 0 amide bonds. The van der Waals surface area contributed by atoms with E-state index in [1.807, 2.05) is 6.07 Å². The van der Waals surface area contributed by atoms with Crippen LogP contribution in [-0.2, 0) is 15.7 Å². The first kappa shape index (κ1) is 16.2. The molecule has 0 radical (unpaired) electrons. The Morgan fingerprint density at radius 3 is 2.42 bits per heavy atom. The maximum Gasteiger partial charge on any atom is 0.494 e. The molecular weight excluding hydrogens is 325 g/mol. The first-order valence-corrected chi connectivity index (χ1v) is 9.34. The fraction of sp³-hybridized carbons (Fsp3) is 0.429. The van der Waals surface area contributed by atoms with Crippen molar-refractivity contribution in [2.45, 2.75) is 52.2 Å². The third kappa shape index (κ3) is 2.17. The van der Waals surface area contributed by atoms with Gasteiger partial charge in [0.25, 0.3) is 0 Å². The molecule has 0 aromatic heterocycles. The van der Waals surface area contributed by atoms with E-state index in [1.165, 1.54) is 16.8 Å². The highest BCUT2D eigenvalue weighted by atomic mass is 16.7. The van der Waals surface area contributed by atoms with E-state index in [2.05, 4.69) is 63.8 Å². The van der Waals surface area contributed by atoms with Crippen molar-refractivity contribution in [3.63, 3.8) is 0 Å². The highest BCUT2D eigenvalue weighted by Crippen LogP contribution is 2.51. The van der Waals surface area contributed by atoms with Gasteiger partial charge in [0.05, 0.1) is 22.6 Å². The van der Waals surface area contributed by atoms with E-state index in [4.69, 9.17) is 14.0 Å². The second-order valence-electron chi connectivity index (χ2n) is 8.59. The Balaban J connectivity index is 1.55. The zero-order chi connectivity index (χ0) is 18.3. The topological polar surface area (TPSA) is 30.9 Å². The minimum Gasteiger partial charge on any atom is -0.453 e. The van der Waals surface area contributed by atoms with Gasteiger partial charge in [0.15, 0.2) is 11.5 Å². The lowest BCUT2D eigenvalue weighted by Gasteiger charge is -2.32. The lowest BCUT2D eigenvalue weighted by atomic mass is 9.78. The molecular formula is C21H24BNO3. The van der Waals surface area contributed by atoms with Gasteiger partial charge in [0.2, 0.25) is 0 Å². The number of hydrogen-bond donors (Lipinski definition) is 0. The summed E-state index contributed by atoms with van der Waals surface area (Å²) in [5, 5.41) is 0. The van der Waals surface area contributed by atoms with Crippen molar-refractivity contribution in [3.05, 3.63) is 41.5 Å². The van der Waals surface area contributed by atoms with Crippen LogP contribution in [0.25, 0.3) is 0 Å². The highest BCUT2D eigenvalue weighted by molar-refractivity contribution is 6.62. The molecule has 3 heterocycles. The minimum atomic E-state index is -0.355. The van der Waals surface area contributed by atoms with Crippen molar-refractivity contribution < 1.29 is 14.0 Å². The number of benzene rings is 2. The molecule has 2 aromatic carbocycles. The Hall–Kier alpha value is -1.98. The average molecular weight is 349 g/mol. The normalized spacial score (nSPS) is 21.4. The quantitative estimate of drug-likeness (QED) is 0.726. The van der Waals surface area contributed by atoms with Crippen molar-refractivity contribution in [1.82, 2.24) is 0 Å². The predicted octanol–water partition coefficient (Wildman–Crippen LogP) is 4.09. The summed E-state index contributed by atoms with van der Waals surface area (Å²) in [6, 6.07) is 10.7. The molecule has 0 unspecified atom stereocenters. The molecule has 5 heteroatoms. The lowest BCUT2D eigenvalue weighted by molar-refractivity contribution is 0.00578. The molecule has 3 aliphatic heterocycles. The van der Waals surface area contributed by atoms with E-state index < -0.39 is 0 Å². The maximum atomic E-state index is 6.23. The first-order chi connectivity index (χ1) is 12.2. The van der Waals surface area contributed by atoms with E-state index >= 15 is 0 Å². The number of rotatable bonds is 1. The molecule has 1 saturated heterocycles. The van der Waals surface area contributed by atoms with Gasteiger partial charge >= 0.3 is 7.12 Å². The SMILES string of the molecule is Cc1cc2c3c(c1)Oc1ccc(B4OC(C)(C)C(C)(C)O4)cc1N3CC2. The van der Waals surface area contributed by atoms with E-state index in [0.29, 0.717) is 0 Å². The summed E-state index contributed by atoms with van der Waals surface area (Å²) in [6.07, 6.45) is 1.05. The lowest BCUT2D eigenvalue weighted by Crippen LogP contribution is -2.41. The predicted molar refractivity (Wildman–Crippen MR) is 104 cm³/mol. The first-order valence-electron chi connectivity index (χ1n) is 9.34. The van der Waals surface area contributed by atoms with Crippen molar-refractivity contribution in [3.8, 4) is 11.5 Å². The summed E-state index contributed by atoms with van der Waals surface area (Å²) < 4.78 is 18.7. The van der Waals surface area contributed by atoms with Crippen LogP contribution in [-0.4, -0.2) is 24.9 Å². The van der Waals surface area contributed by atoms with Crippen LogP contribution in [0.1, 0.15) is 38.8 Å². The van der Waals surface area contributed by atoms with E-state index in [1.54, 1.807) is 0 Å². The van der Waals surface area contributed by atoms with E-state index in [9.17, 15) is 0 Å². The Kier molecular flexibility index (Phi) is 3.15. The van der Waals surface area contributed by atoms with Crippen molar-refractivity contribution in [2.24, 2.45) is 0 Å². The Labute approximate surface area is 155 Å². The van der Waals surface area contributed by atoms with Gasteiger partial charge in [-0.2, -0.15) is 0 Å². The molecule has 0 atom stereocenters. The number of fused-ring (bicyclic) bond motifs is 2. The van der Waals surface area contributed by atoms with Crippen LogP contribution in [0.2, 0.25) is 0 Å². The molecule has 0 saturated carbocycles. The van der Waals surface area contributed by atoms with Gasteiger partial charge in [-0.3, -0.25) is 0 Å². The van der Waals surface area contributed by atoms with Gasteiger partial charge in [0.1, 0.15) is 0 Å². The molecule has 4 nitrogen and oxygen atoms in total. The smallest absolute Gasteiger partial charge is 0.453 e. The number of ether oxygens (including phenoxy) is 1. The number of nitrogens with zero attached hydrogens (tertiary/aromatic N) is 1. The average Bonchev–Trinajstić information content (AvgIpc) is 3.07. The summed E-state index contributed by atoms with van der Waals surface area (Å²) in [6.45, 7) is 11.4. The second kappa shape index (κ2) is 5.05. The molecule has 26 heavy (non-hydrogen) atoms. The summed E-state index contributed by atoms with van der Waals surface area (Å²) in [5.74, 6) is 1.87. The van der Waals surface area contributed by atoms with E-state index in [0.717, 1.165) is 35.6 Å². The van der Waals surface area contributed by atoms with Crippen LogP contribution < -0.4 is 15.1 Å². The zero-order valence-electron chi connectivity index (χ0n) is 16.1. The van der Waals surface area contributed by atoms with Gasteiger partial charge in [-0.15, -0.1) is 0 Å². The molecule has 5 rings (SSSR count). The summed E-state index contributed by atoms with van der Waals surface area (Å²) in [5.41, 5.74) is 5.30. The van der Waals surface area contributed by atoms with Gasteiger partial charge < -0.3 is 18.9 Å². The molecule has 0 spiro atoms. The number of anilines is 2. The molecule has 134 valence electrons. The van der Waals surface area contributed by atoms with Crippen LogP contribution >= 0.6 is 0 Å². The molecule has 1 fully saturated rings. The second-order valence-corrected chi connectivity index (χ2v) is 8.59. The van der Waals surface area contributed by atoms with Gasteiger partial charge in [-0.1, -0.05) is 12.1 Å². The van der Waals surface area contributed by atoms with Gasteiger partial charge in [-0.25, -0.2) is 0 Å². The third-order valence-corrected chi connectivity index (χ3v) is 6.19. The van der Waals surface area contributed by atoms with Crippen LogP contribution in [0.15, 0.2) is 30.3 Å². The monoisotopic (exact) mass is 349 g/mol. The van der Waals surface area contributed by atoms with Crippen molar-refractivity contribution >= 4 is 24.0 Å².